The number of carboxylic acids is 1. The maximum atomic E-state index is 12.7. The van der Waals surface area contributed by atoms with Crippen LogP contribution in [0.25, 0.3) is 0 Å². The molecule has 0 aliphatic carbocycles. The Morgan fingerprint density at radius 1 is 1.44 bits per heavy atom. The lowest BCUT2D eigenvalue weighted by Crippen LogP contribution is -2.17. The topological polar surface area (TPSA) is 50.2 Å². The van der Waals surface area contributed by atoms with Crippen molar-refractivity contribution in [1.29, 1.82) is 0 Å². The van der Waals surface area contributed by atoms with Crippen molar-refractivity contribution in [3.05, 3.63) is 28.0 Å². The molecule has 1 heterocycles. The van der Waals surface area contributed by atoms with E-state index in [1.807, 2.05) is 0 Å². The molecule has 0 aliphatic rings. The number of halogens is 6. The summed E-state index contributed by atoms with van der Waals surface area (Å²) in [7, 11) is 0. The molecule has 1 aromatic heterocycles. The molecule has 0 aliphatic heterocycles. The van der Waals surface area contributed by atoms with Crippen molar-refractivity contribution in [3.63, 3.8) is 0 Å². The van der Waals surface area contributed by atoms with E-state index in [1.54, 1.807) is 0 Å². The highest BCUT2D eigenvalue weighted by Crippen LogP contribution is 2.41. The van der Waals surface area contributed by atoms with Gasteiger partial charge in [-0.2, -0.15) is 13.2 Å². The van der Waals surface area contributed by atoms with Gasteiger partial charge >= 0.3 is 12.1 Å². The zero-order valence-corrected chi connectivity index (χ0v) is 9.19. The lowest BCUT2D eigenvalue weighted by Gasteiger charge is -2.16. The van der Waals surface area contributed by atoms with Crippen LogP contribution in [0, 0.1) is 0 Å². The van der Waals surface area contributed by atoms with Crippen molar-refractivity contribution in [2.45, 2.75) is 19.0 Å². The summed E-state index contributed by atoms with van der Waals surface area (Å²) in [6, 6.07) is 0. The number of aliphatic carboxylic acids is 1. The molecule has 18 heavy (non-hydrogen) atoms. The fraction of sp³-hybridized carbons (Fsp3) is 0.333. The van der Waals surface area contributed by atoms with Gasteiger partial charge in [0.1, 0.15) is 0 Å². The minimum Gasteiger partial charge on any atom is -0.481 e. The van der Waals surface area contributed by atoms with Crippen LogP contribution >= 0.6 is 11.6 Å². The van der Waals surface area contributed by atoms with Crippen LogP contribution < -0.4 is 0 Å². The SMILES string of the molecule is O=C(O)Cc1ncc(Cl)c(C(F)F)c1C(F)(F)F. The van der Waals surface area contributed by atoms with Crippen LogP contribution in [0.2, 0.25) is 5.02 Å². The average Bonchev–Trinajstić information content (AvgIpc) is 2.17. The molecule has 3 nitrogen and oxygen atoms in total. The third-order valence-corrected chi connectivity index (χ3v) is 2.27. The minimum atomic E-state index is -5.16. The molecule has 0 spiro atoms. The van der Waals surface area contributed by atoms with E-state index in [-0.39, 0.29) is 0 Å². The smallest absolute Gasteiger partial charge is 0.418 e. The largest absolute Gasteiger partial charge is 0.481 e. The van der Waals surface area contributed by atoms with Crippen LogP contribution in [0.5, 0.6) is 0 Å². The molecule has 1 aromatic rings. The minimum absolute atomic E-state index is 0.580. The summed E-state index contributed by atoms with van der Waals surface area (Å²) >= 11 is 5.25. The molecule has 0 fully saturated rings. The van der Waals surface area contributed by atoms with Crippen molar-refractivity contribution in [3.8, 4) is 0 Å². The summed E-state index contributed by atoms with van der Waals surface area (Å²) in [5, 5.41) is 7.57. The van der Waals surface area contributed by atoms with E-state index < -0.39 is 46.8 Å². The Morgan fingerprint density at radius 2 is 2.00 bits per heavy atom. The van der Waals surface area contributed by atoms with E-state index >= 15 is 0 Å². The Bertz CT molecular complexity index is 475. The van der Waals surface area contributed by atoms with Crippen LogP contribution in [0.1, 0.15) is 23.2 Å². The molecule has 0 radical (unpaired) electrons. The van der Waals surface area contributed by atoms with Gasteiger partial charge in [0.15, 0.2) is 0 Å². The summed E-state index contributed by atoms with van der Waals surface area (Å²) in [4.78, 5) is 13.5. The van der Waals surface area contributed by atoms with Crippen molar-refractivity contribution < 1.29 is 31.9 Å². The number of rotatable bonds is 3. The van der Waals surface area contributed by atoms with Gasteiger partial charge in [0.05, 0.1) is 28.3 Å². The Balaban J connectivity index is 3.54. The molecule has 0 aromatic carbocycles. The Kier molecular flexibility index (Phi) is 4.10. The van der Waals surface area contributed by atoms with Gasteiger partial charge in [0, 0.05) is 6.20 Å². The maximum Gasteiger partial charge on any atom is 0.418 e. The van der Waals surface area contributed by atoms with Gasteiger partial charge in [-0.1, -0.05) is 11.6 Å². The van der Waals surface area contributed by atoms with E-state index in [1.165, 1.54) is 0 Å². The van der Waals surface area contributed by atoms with Gasteiger partial charge < -0.3 is 5.11 Å². The number of hydrogen-bond acceptors (Lipinski definition) is 2. The number of carbonyl (C=O) groups is 1. The molecule has 100 valence electrons. The zero-order chi connectivity index (χ0) is 14.1. The predicted molar refractivity (Wildman–Crippen MR) is 50.5 cm³/mol. The van der Waals surface area contributed by atoms with E-state index in [0.717, 1.165) is 0 Å². The fourth-order valence-electron chi connectivity index (χ4n) is 1.35. The monoisotopic (exact) mass is 289 g/mol. The van der Waals surface area contributed by atoms with E-state index in [9.17, 15) is 26.7 Å². The fourth-order valence-corrected chi connectivity index (χ4v) is 1.58. The number of alkyl halides is 5. The maximum absolute atomic E-state index is 12.7. The lowest BCUT2D eigenvalue weighted by molar-refractivity contribution is -0.141. The molecule has 0 bridgehead atoms. The number of hydrogen-bond donors (Lipinski definition) is 1. The second-order valence-corrected chi connectivity index (χ2v) is 3.62. The normalized spacial score (nSPS) is 11.9. The first-order valence-corrected chi connectivity index (χ1v) is 4.76. The number of pyridine rings is 1. The summed E-state index contributed by atoms with van der Waals surface area (Å²) < 4.78 is 63.2. The van der Waals surface area contributed by atoms with Gasteiger partial charge in [-0.25, -0.2) is 8.78 Å². The summed E-state index contributed by atoms with van der Waals surface area (Å²) in [5.74, 6) is -1.62. The van der Waals surface area contributed by atoms with E-state index in [0.29, 0.717) is 6.20 Å². The Hall–Kier alpha value is -1.44. The molecule has 0 saturated heterocycles. The first-order chi connectivity index (χ1) is 8.14. The molecule has 9 heteroatoms. The third-order valence-electron chi connectivity index (χ3n) is 1.97. The summed E-state index contributed by atoms with van der Waals surface area (Å²) in [6.45, 7) is 0. The molecule has 0 amide bonds. The summed E-state index contributed by atoms with van der Waals surface area (Å²) in [5.41, 5.74) is -4.22. The molecule has 0 unspecified atom stereocenters. The number of aromatic nitrogens is 1. The van der Waals surface area contributed by atoms with Crippen molar-refractivity contribution in [2.24, 2.45) is 0 Å². The molecular weight excluding hydrogens is 285 g/mol. The van der Waals surface area contributed by atoms with Crippen LogP contribution in [-0.4, -0.2) is 16.1 Å². The van der Waals surface area contributed by atoms with Gasteiger partial charge in [-0.15, -0.1) is 0 Å². The summed E-state index contributed by atoms with van der Waals surface area (Å²) in [6.07, 6.45) is -9.18. The highest BCUT2D eigenvalue weighted by molar-refractivity contribution is 6.31. The van der Waals surface area contributed by atoms with Gasteiger partial charge in [-0.3, -0.25) is 9.78 Å². The molecule has 0 saturated carbocycles. The second kappa shape index (κ2) is 5.05. The van der Waals surface area contributed by atoms with Crippen LogP contribution in [0.15, 0.2) is 6.20 Å². The molecule has 1 rings (SSSR count). The highest BCUT2D eigenvalue weighted by atomic mass is 35.5. The van der Waals surface area contributed by atoms with Crippen molar-refractivity contribution >= 4 is 17.6 Å². The average molecular weight is 290 g/mol. The van der Waals surface area contributed by atoms with E-state index in [4.69, 9.17) is 16.7 Å². The van der Waals surface area contributed by atoms with Crippen molar-refractivity contribution in [2.75, 3.05) is 0 Å². The lowest BCUT2D eigenvalue weighted by atomic mass is 10.0. The number of nitrogens with zero attached hydrogens (tertiary/aromatic N) is 1. The van der Waals surface area contributed by atoms with E-state index in [2.05, 4.69) is 4.98 Å². The van der Waals surface area contributed by atoms with Crippen LogP contribution in [-0.2, 0) is 17.4 Å². The predicted octanol–water partition coefficient (Wildman–Crippen LogP) is 3.32. The number of carboxylic acid groups (broad SMARTS) is 1. The second-order valence-electron chi connectivity index (χ2n) is 3.21. The van der Waals surface area contributed by atoms with Crippen molar-refractivity contribution in [1.82, 2.24) is 4.98 Å². The molecular formula is C9H5ClF5NO2. The quantitative estimate of drug-likeness (QED) is 0.869. The van der Waals surface area contributed by atoms with Crippen LogP contribution in [0.4, 0.5) is 22.0 Å². The van der Waals surface area contributed by atoms with Gasteiger partial charge in [0.25, 0.3) is 6.43 Å². The highest BCUT2D eigenvalue weighted by Gasteiger charge is 2.40. The Labute approximate surface area is 102 Å². The standard InChI is InChI=1S/C9H5ClF5NO2/c10-3-2-16-4(1-5(17)18)7(9(13,14)15)6(3)8(11)12/h2,8H,1H2,(H,17,18). The van der Waals surface area contributed by atoms with Gasteiger partial charge in [0.2, 0.25) is 0 Å². The van der Waals surface area contributed by atoms with Gasteiger partial charge in [-0.05, 0) is 0 Å². The first kappa shape index (κ1) is 14.6. The zero-order valence-electron chi connectivity index (χ0n) is 8.43. The molecule has 0 atom stereocenters. The first-order valence-electron chi connectivity index (χ1n) is 4.39. The Morgan fingerprint density at radius 3 is 2.39 bits per heavy atom. The van der Waals surface area contributed by atoms with Crippen LogP contribution in [0.3, 0.4) is 0 Å². The molecule has 1 N–H and O–H groups in total. The third kappa shape index (κ3) is 3.06.